The molecule has 0 aromatic carbocycles. The molecule has 6 heteroatoms. The van der Waals surface area contributed by atoms with E-state index in [1.165, 1.54) is 18.4 Å². The van der Waals surface area contributed by atoms with Gasteiger partial charge in [0.1, 0.15) is 4.88 Å². The van der Waals surface area contributed by atoms with Crippen LogP contribution in [0.15, 0.2) is 0 Å². The number of carbonyl (C=O) groups is 1. The van der Waals surface area contributed by atoms with Crippen LogP contribution >= 0.6 is 11.3 Å². The first kappa shape index (κ1) is 12.9. The zero-order valence-electron chi connectivity index (χ0n) is 9.70. The highest BCUT2D eigenvalue weighted by molar-refractivity contribution is 7.17. The topological polar surface area (TPSA) is 60.5 Å². The lowest BCUT2D eigenvalue weighted by Gasteiger charge is -2.00. The predicted molar refractivity (Wildman–Crippen MR) is 63.2 cm³/mol. The molecule has 1 heterocycles. The highest BCUT2D eigenvalue weighted by Crippen LogP contribution is 2.22. The van der Waals surface area contributed by atoms with Gasteiger partial charge in [0.15, 0.2) is 5.13 Å². The largest absolute Gasteiger partial charge is 0.465 e. The maximum absolute atomic E-state index is 11.3. The molecule has 0 radical (unpaired) electrons. The van der Waals surface area contributed by atoms with E-state index in [4.69, 9.17) is 4.74 Å². The third-order valence-corrected chi connectivity index (χ3v) is 3.06. The van der Waals surface area contributed by atoms with Gasteiger partial charge in [-0.05, 0) is 13.3 Å². The van der Waals surface area contributed by atoms with Gasteiger partial charge in [-0.1, -0.05) is 11.3 Å². The third-order valence-electron chi connectivity index (χ3n) is 1.97. The van der Waals surface area contributed by atoms with Gasteiger partial charge in [0.05, 0.1) is 12.8 Å². The molecule has 0 unspecified atom stereocenters. The van der Waals surface area contributed by atoms with Gasteiger partial charge in [-0.15, -0.1) is 0 Å². The van der Waals surface area contributed by atoms with E-state index in [-0.39, 0.29) is 5.97 Å². The van der Waals surface area contributed by atoms with Crippen molar-refractivity contribution in [3.05, 3.63) is 10.6 Å². The van der Waals surface area contributed by atoms with Crippen LogP contribution in [-0.4, -0.2) is 38.3 Å². The van der Waals surface area contributed by atoms with Gasteiger partial charge >= 0.3 is 5.97 Å². The number of rotatable bonds is 6. The number of anilines is 1. The van der Waals surface area contributed by atoms with Gasteiger partial charge in [-0.25, -0.2) is 9.78 Å². The predicted octanol–water partition coefficient (Wildman–Crippen LogP) is 1.69. The van der Waals surface area contributed by atoms with Crippen LogP contribution in [0.1, 0.15) is 21.8 Å². The van der Waals surface area contributed by atoms with Crippen LogP contribution in [0.25, 0.3) is 0 Å². The number of hydrogen-bond acceptors (Lipinski definition) is 6. The van der Waals surface area contributed by atoms with Crippen molar-refractivity contribution in [1.82, 2.24) is 4.98 Å². The lowest BCUT2D eigenvalue weighted by atomic mass is 10.4. The van der Waals surface area contributed by atoms with Crippen molar-refractivity contribution in [2.45, 2.75) is 13.3 Å². The maximum Gasteiger partial charge on any atom is 0.350 e. The minimum atomic E-state index is -0.333. The van der Waals surface area contributed by atoms with Crippen molar-refractivity contribution in [1.29, 1.82) is 0 Å². The first-order valence-corrected chi connectivity index (χ1v) is 5.79. The number of methoxy groups -OCH3 is 2. The average molecular weight is 244 g/mol. The highest BCUT2D eigenvalue weighted by Gasteiger charge is 2.14. The van der Waals surface area contributed by atoms with E-state index in [2.05, 4.69) is 15.0 Å². The van der Waals surface area contributed by atoms with Crippen LogP contribution < -0.4 is 5.32 Å². The lowest BCUT2D eigenvalue weighted by Crippen LogP contribution is -2.04. The molecule has 1 N–H and O–H groups in total. The molecule has 0 spiro atoms. The zero-order chi connectivity index (χ0) is 12.0. The fourth-order valence-electron chi connectivity index (χ4n) is 1.17. The zero-order valence-corrected chi connectivity index (χ0v) is 10.5. The molecule has 0 aliphatic heterocycles. The molecule has 0 saturated heterocycles. The summed E-state index contributed by atoms with van der Waals surface area (Å²) in [6.45, 7) is 3.28. The van der Waals surface area contributed by atoms with E-state index >= 15 is 0 Å². The van der Waals surface area contributed by atoms with Crippen molar-refractivity contribution in [2.24, 2.45) is 0 Å². The molecule has 1 aromatic rings. The first-order chi connectivity index (χ1) is 7.69. The molecule has 16 heavy (non-hydrogen) atoms. The van der Waals surface area contributed by atoms with Crippen molar-refractivity contribution in [3.8, 4) is 0 Å². The van der Waals surface area contributed by atoms with Gasteiger partial charge in [-0.2, -0.15) is 0 Å². The Kier molecular flexibility index (Phi) is 5.21. The van der Waals surface area contributed by atoms with Crippen LogP contribution in [0.4, 0.5) is 5.13 Å². The summed E-state index contributed by atoms with van der Waals surface area (Å²) in [5.74, 6) is -0.333. The number of nitrogens with zero attached hydrogens (tertiary/aromatic N) is 1. The first-order valence-electron chi connectivity index (χ1n) is 4.97. The Hall–Kier alpha value is -1.14. The second-order valence-electron chi connectivity index (χ2n) is 3.20. The van der Waals surface area contributed by atoms with E-state index in [1.54, 1.807) is 14.0 Å². The van der Waals surface area contributed by atoms with E-state index in [9.17, 15) is 4.79 Å². The minimum Gasteiger partial charge on any atom is -0.465 e. The quantitative estimate of drug-likeness (QED) is 0.609. The summed E-state index contributed by atoms with van der Waals surface area (Å²) in [6, 6.07) is 0. The molecule has 0 fully saturated rings. The third kappa shape index (κ3) is 3.46. The Morgan fingerprint density at radius 3 is 2.88 bits per heavy atom. The second kappa shape index (κ2) is 6.44. The molecule has 90 valence electrons. The van der Waals surface area contributed by atoms with Crippen molar-refractivity contribution < 1.29 is 14.3 Å². The summed E-state index contributed by atoms with van der Waals surface area (Å²) in [7, 11) is 3.04. The molecule has 0 bridgehead atoms. The molecule has 0 aliphatic carbocycles. The Balaban J connectivity index is 2.52. The van der Waals surface area contributed by atoms with Crippen LogP contribution in [0.3, 0.4) is 0 Å². The Morgan fingerprint density at radius 2 is 2.25 bits per heavy atom. The molecule has 0 atom stereocenters. The summed E-state index contributed by atoms with van der Waals surface area (Å²) >= 11 is 1.31. The van der Waals surface area contributed by atoms with E-state index in [0.29, 0.717) is 17.2 Å². The molecular weight excluding hydrogens is 228 g/mol. The number of carbonyl (C=O) groups excluding carboxylic acids is 1. The summed E-state index contributed by atoms with van der Waals surface area (Å²) in [5, 5.41) is 3.88. The van der Waals surface area contributed by atoms with Crippen molar-refractivity contribution >= 4 is 22.4 Å². The fourth-order valence-corrected chi connectivity index (χ4v) is 2.08. The number of aromatic nitrogens is 1. The molecule has 0 aliphatic rings. The van der Waals surface area contributed by atoms with Crippen LogP contribution in [-0.2, 0) is 9.47 Å². The molecule has 1 rings (SSSR count). The number of hydrogen-bond donors (Lipinski definition) is 1. The molecule has 0 amide bonds. The summed E-state index contributed by atoms with van der Waals surface area (Å²) in [6.07, 6.45) is 0.905. The van der Waals surface area contributed by atoms with E-state index in [1.807, 2.05) is 0 Å². The average Bonchev–Trinajstić information content (AvgIpc) is 2.65. The Morgan fingerprint density at radius 1 is 1.50 bits per heavy atom. The molecule has 0 saturated carbocycles. The van der Waals surface area contributed by atoms with Gasteiger partial charge in [0, 0.05) is 20.3 Å². The smallest absolute Gasteiger partial charge is 0.350 e. The lowest BCUT2D eigenvalue weighted by molar-refractivity contribution is 0.0605. The normalized spacial score (nSPS) is 10.2. The van der Waals surface area contributed by atoms with E-state index in [0.717, 1.165) is 18.1 Å². The number of ether oxygens (including phenoxy) is 2. The van der Waals surface area contributed by atoms with Crippen molar-refractivity contribution in [3.63, 3.8) is 0 Å². The summed E-state index contributed by atoms with van der Waals surface area (Å²) < 4.78 is 9.59. The van der Waals surface area contributed by atoms with Gasteiger partial charge in [0.25, 0.3) is 0 Å². The number of nitrogens with one attached hydrogen (secondary N) is 1. The molecular formula is C10H16N2O3S. The minimum absolute atomic E-state index is 0.333. The summed E-state index contributed by atoms with van der Waals surface area (Å²) in [4.78, 5) is 16.1. The Bertz CT molecular complexity index is 352. The standard InChI is InChI=1S/C10H16N2O3S/c1-7-8(9(13)15-3)16-10(12-7)11-5-4-6-14-2/h4-6H2,1-3H3,(H,11,12). The van der Waals surface area contributed by atoms with E-state index < -0.39 is 0 Å². The maximum atomic E-state index is 11.3. The molecule has 1 aromatic heterocycles. The van der Waals surface area contributed by atoms with Crippen LogP contribution in [0.2, 0.25) is 0 Å². The SMILES string of the molecule is COCCCNc1nc(C)c(C(=O)OC)s1. The fraction of sp³-hybridized carbons (Fsp3) is 0.600. The number of thiazole rings is 1. The second-order valence-corrected chi connectivity index (χ2v) is 4.20. The van der Waals surface area contributed by atoms with Gasteiger partial charge in [-0.3, -0.25) is 0 Å². The highest BCUT2D eigenvalue weighted by atomic mass is 32.1. The number of aryl methyl sites for hydroxylation is 1. The van der Waals surface area contributed by atoms with Crippen LogP contribution in [0.5, 0.6) is 0 Å². The monoisotopic (exact) mass is 244 g/mol. The summed E-state index contributed by atoms with van der Waals surface area (Å²) in [5.41, 5.74) is 0.700. The van der Waals surface area contributed by atoms with Crippen LogP contribution in [0, 0.1) is 6.92 Å². The van der Waals surface area contributed by atoms with Gasteiger partial charge in [0.2, 0.25) is 0 Å². The number of esters is 1. The van der Waals surface area contributed by atoms with Crippen molar-refractivity contribution in [2.75, 3.05) is 32.7 Å². The molecule has 5 nitrogen and oxygen atoms in total. The van der Waals surface area contributed by atoms with Gasteiger partial charge < -0.3 is 14.8 Å². The Labute approximate surface area is 98.8 Å².